The van der Waals surface area contributed by atoms with Crippen molar-refractivity contribution in [1.29, 1.82) is 0 Å². The lowest BCUT2D eigenvalue weighted by molar-refractivity contribution is 0.477. The predicted octanol–water partition coefficient (Wildman–Crippen LogP) is 2.50. The summed E-state index contributed by atoms with van der Waals surface area (Å²) in [6.07, 6.45) is 6.05. The zero-order chi connectivity index (χ0) is 13.1. The van der Waals surface area contributed by atoms with E-state index in [0.29, 0.717) is 12.5 Å². The summed E-state index contributed by atoms with van der Waals surface area (Å²) in [6.45, 7) is 1.45. The van der Waals surface area contributed by atoms with Crippen LogP contribution in [0.1, 0.15) is 36.0 Å². The van der Waals surface area contributed by atoms with Crippen molar-refractivity contribution in [2.45, 2.75) is 31.8 Å². The van der Waals surface area contributed by atoms with E-state index in [0.717, 1.165) is 23.8 Å². The van der Waals surface area contributed by atoms with Gasteiger partial charge in [0.15, 0.2) is 0 Å². The van der Waals surface area contributed by atoms with E-state index in [1.807, 2.05) is 6.07 Å². The third-order valence-corrected chi connectivity index (χ3v) is 3.68. The van der Waals surface area contributed by atoms with Gasteiger partial charge in [0.25, 0.3) is 0 Å². The Kier molecular flexibility index (Phi) is 3.97. The Morgan fingerprint density at radius 2 is 1.89 bits per heavy atom. The fourth-order valence-corrected chi connectivity index (χ4v) is 2.50. The highest BCUT2D eigenvalue weighted by atomic mass is 127. The van der Waals surface area contributed by atoms with Crippen molar-refractivity contribution >= 4 is 22.9 Å². The van der Waals surface area contributed by atoms with Crippen LogP contribution in [-0.4, -0.2) is 23.3 Å². The molecule has 5 nitrogen and oxygen atoms in total. The lowest BCUT2D eigenvalue weighted by atomic mass is 10.2. The molecule has 1 saturated carbocycles. The highest BCUT2D eigenvalue weighted by Gasteiger charge is 2.25. The molecule has 0 saturated heterocycles. The summed E-state index contributed by atoms with van der Waals surface area (Å²) < 4.78 is 2.11. The van der Waals surface area contributed by atoms with E-state index in [-0.39, 0.29) is 0 Å². The molecule has 0 bridgehead atoms. The van der Waals surface area contributed by atoms with E-state index in [1.54, 1.807) is 12.4 Å². The van der Waals surface area contributed by atoms with Crippen molar-refractivity contribution in [3.63, 3.8) is 0 Å². The largest absolute Gasteiger partial charge is 0.240 e. The van der Waals surface area contributed by atoms with Crippen molar-refractivity contribution in [2.24, 2.45) is 0 Å². The first-order valence-corrected chi connectivity index (χ1v) is 7.27. The topological polar surface area (TPSA) is 54.8 Å². The monoisotopic (exact) mass is 367 g/mol. The second kappa shape index (κ2) is 5.87. The number of nitrogens with zero attached hydrogens (tertiary/aromatic N) is 5. The molecule has 98 valence electrons. The third kappa shape index (κ3) is 3.66. The van der Waals surface area contributed by atoms with Gasteiger partial charge < -0.3 is 0 Å². The highest BCUT2D eigenvalue weighted by Crippen LogP contribution is 2.38. The maximum absolute atomic E-state index is 4.29. The smallest absolute Gasteiger partial charge is 0.143 e. The van der Waals surface area contributed by atoms with Gasteiger partial charge in [-0.2, -0.15) is 10.2 Å². The number of hydrogen-bond acceptors (Lipinski definition) is 5. The normalized spacial score (nSPS) is 14.8. The second-order valence-electron chi connectivity index (χ2n) is 4.67. The summed E-state index contributed by atoms with van der Waals surface area (Å²) in [5.74, 6) is 1.48. The van der Waals surface area contributed by atoms with Crippen molar-refractivity contribution in [3.05, 3.63) is 47.8 Å². The van der Waals surface area contributed by atoms with Crippen LogP contribution in [0, 0.1) is 0 Å². The molecular formula is C13H14IN5. The van der Waals surface area contributed by atoms with Crippen molar-refractivity contribution in [3.8, 4) is 0 Å². The number of halogens is 1. The molecule has 2 aromatic heterocycles. The molecule has 6 heteroatoms. The first kappa shape index (κ1) is 12.9. The molecule has 2 heterocycles. The molecule has 1 aliphatic rings. The molecule has 0 N–H and O–H groups in total. The molecule has 19 heavy (non-hydrogen) atoms. The zero-order valence-electron chi connectivity index (χ0n) is 10.4. The third-order valence-electron chi connectivity index (χ3n) is 3.00. The summed E-state index contributed by atoms with van der Waals surface area (Å²) in [7, 11) is 0. The lowest BCUT2D eigenvalue weighted by Crippen LogP contribution is -2.14. The molecule has 0 unspecified atom stereocenters. The van der Waals surface area contributed by atoms with Crippen LogP contribution in [0.15, 0.2) is 30.6 Å². The van der Waals surface area contributed by atoms with Gasteiger partial charge in [0.2, 0.25) is 0 Å². The minimum absolute atomic E-state index is 0.662. The van der Waals surface area contributed by atoms with E-state index in [9.17, 15) is 0 Å². The molecule has 0 amide bonds. The molecule has 0 atom stereocenters. The Morgan fingerprint density at radius 1 is 1.11 bits per heavy atom. The van der Waals surface area contributed by atoms with E-state index in [4.69, 9.17) is 0 Å². The summed E-state index contributed by atoms with van der Waals surface area (Å²) in [6, 6.07) is 5.99. The zero-order valence-corrected chi connectivity index (χ0v) is 12.6. The van der Waals surface area contributed by atoms with E-state index < -0.39 is 0 Å². The van der Waals surface area contributed by atoms with Crippen molar-refractivity contribution < 1.29 is 0 Å². The fourth-order valence-electron chi connectivity index (χ4n) is 1.85. The molecule has 0 aromatic carbocycles. The van der Waals surface area contributed by atoms with E-state index >= 15 is 0 Å². The Morgan fingerprint density at radius 3 is 2.53 bits per heavy atom. The highest BCUT2D eigenvalue weighted by molar-refractivity contribution is 14.1. The molecule has 1 fully saturated rings. The van der Waals surface area contributed by atoms with Gasteiger partial charge in [-0.1, -0.05) is 0 Å². The Balaban J connectivity index is 1.58. The van der Waals surface area contributed by atoms with Gasteiger partial charge in [-0.3, -0.25) is 0 Å². The first-order valence-electron chi connectivity index (χ1n) is 6.30. The van der Waals surface area contributed by atoms with Gasteiger partial charge in [0.05, 0.1) is 24.5 Å². The van der Waals surface area contributed by atoms with Crippen LogP contribution in [0.2, 0.25) is 0 Å². The van der Waals surface area contributed by atoms with Gasteiger partial charge in [-0.25, -0.2) is 13.1 Å². The van der Waals surface area contributed by atoms with Gasteiger partial charge >= 0.3 is 0 Å². The Hall–Kier alpha value is -1.15. The molecule has 0 aliphatic heterocycles. The van der Waals surface area contributed by atoms with Gasteiger partial charge in [0.1, 0.15) is 5.82 Å². The quantitative estimate of drug-likeness (QED) is 0.601. The average Bonchev–Trinajstić information content (AvgIpc) is 3.25. The molecule has 0 radical (unpaired) electrons. The maximum atomic E-state index is 4.29. The SMILES string of the molecule is IN(Cc1ccc(C2CC2)nn1)Cc1ncccn1. The molecule has 0 spiro atoms. The standard InChI is InChI=1S/C13H14IN5/c14-19(9-13-15-6-1-7-16-13)8-11-4-5-12(18-17-11)10-2-3-10/h1,4-7,10H,2-3,8-9H2. The van der Waals surface area contributed by atoms with Crippen LogP contribution in [0.5, 0.6) is 0 Å². The number of hydrogen-bond donors (Lipinski definition) is 0. The average molecular weight is 367 g/mol. The van der Waals surface area contributed by atoms with Crippen LogP contribution in [-0.2, 0) is 13.1 Å². The molecule has 2 aromatic rings. The lowest BCUT2D eigenvalue weighted by Gasteiger charge is -2.12. The summed E-state index contributed by atoms with van der Waals surface area (Å²) >= 11 is 2.27. The minimum Gasteiger partial charge on any atom is -0.240 e. The van der Waals surface area contributed by atoms with Crippen LogP contribution < -0.4 is 0 Å². The number of aromatic nitrogens is 4. The van der Waals surface area contributed by atoms with Crippen LogP contribution in [0.3, 0.4) is 0 Å². The summed E-state index contributed by atoms with van der Waals surface area (Å²) in [4.78, 5) is 8.42. The fraction of sp³-hybridized carbons (Fsp3) is 0.385. The van der Waals surface area contributed by atoms with Crippen molar-refractivity contribution in [1.82, 2.24) is 23.3 Å². The first-order chi connectivity index (χ1) is 9.31. The predicted molar refractivity (Wildman–Crippen MR) is 79.3 cm³/mol. The second-order valence-corrected chi connectivity index (χ2v) is 6.03. The molecular weight excluding hydrogens is 353 g/mol. The van der Waals surface area contributed by atoms with Crippen LogP contribution in [0.4, 0.5) is 0 Å². The van der Waals surface area contributed by atoms with Crippen LogP contribution in [0.25, 0.3) is 0 Å². The summed E-state index contributed by atoms with van der Waals surface area (Å²) in [5.41, 5.74) is 2.12. The number of rotatable bonds is 5. The van der Waals surface area contributed by atoms with Gasteiger partial charge in [-0.15, -0.1) is 0 Å². The van der Waals surface area contributed by atoms with Crippen LogP contribution >= 0.6 is 22.9 Å². The van der Waals surface area contributed by atoms with Crippen molar-refractivity contribution in [2.75, 3.05) is 0 Å². The van der Waals surface area contributed by atoms with E-state index in [1.165, 1.54) is 12.8 Å². The molecule has 3 rings (SSSR count). The van der Waals surface area contributed by atoms with E-state index in [2.05, 4.69) is 58.3 Å². The summed E-state index contributed by atoms with van der Waals surface area (Å²) in [5, 5.41) is 8.57. The Bertz CT molecular complexity index is 526. The molecule has 1 aliphatic carbocycles. The minimum atomic E-state index is 0.662. The van der Waals surface area contributed by atoms with Gasteiger partial charge in [0, 0.05) is 41.2 Å². The Labute approximate surface area is 126 Å². The maximum Gasteiger partial charge on any atom is 0.143 e. The van der Waals surface area contributed by atoms with Gasteiger partial charge in [-0.05, 0) is 31.0 Å².